The molecule has 2 N–H and O–H groups in total. The van der Waals surface area contributed by atoms with Gasteiger partial charge in [0.15, 0.2) is 0 Å². The third kappa shape index (κ3) is 4.71. The van der Waals surface area contributed by atoms with Gasteiger partial charge in [-0.3, -0.25) is 10.1 Å². The average molecular weight is 381 g/mol. The number of nitrogens with one attached hydrogen (secondary N) is 2. The van der Waals surface area contributed by atoms with Gasteiger partial charge in [-0.25, -0.2) is 9.59 Å². The average Bonchev–Trinajstić information content (AvgIpc) is 2.62. The summed E-state index contributed by atoms with van der Waals surface area (Å²) in [5.41, 5.74) is 0.415. The van der Waals surface area contributed by atoms with Crippen molar-refractivity contribution in [2.75, 3.05) is 7.05 Å². The highest BCUT2D eigenvalue weighted by molar-refractivity contribution is 6.43. The van der Waals surface area contributed by atoms with Crippen LogP contribution in [0.1, 0.15) is 22.0 Å². The molecule has 6 nitrogen and oxygen atoms in total. The molecule has 130 valence electrons. The third-order valence-corrected chi connectivity index (χ3v) is 4.02. The lowest BCUT2D eigenvalue weighted by molar-refractivity contribution is -0.129. The van der Waals surface area contributed by atoms with Gasteiger partial charge in [0.2, 0.25) is 6.10 Å². The van der Waals surface area contributed by atoms with Gasteiger partial charge in [-0.05, 0) is 12.1 Å². The van der Waals surface area contributed by atoms with E-state index in [9.17, 15) is 14.4 Å². The van der Waals surface area contributed by atoms with E-state index in [0.29, 0.717) is 5.56 Å². The molecule has 2 aromatic rings. The van der Waals surface area contributed by atoms with E-state index >= 15 is 0 Å². The molecule has 0 aliphatic heterocycles. The molecule has 0 radical (unpaired) electrons. The summed E-state index contributed by atoms with van der Waals surface area (Å²) >= 11 is 11.9. The largest absolute Gasteiger partial charge is 0.444 e. The summed E-state index contributed by atoms with van der Waals surface area (Å²) in [6.45, 7) is 0. The second-order valence-corrected chi connectivity index (χ2v) is 5.65. The lowest BCUT2D eigenvalue weighted by Crippen LogP contribution is -2.41. The Balaban J connectivity index is 2.30. The molecule has 0 fully saturated rings. The van der Waals surface area contributed by atoms with Crippen molar-refractivity contribution in [3.8, 4) is 0 Å². The highest BCUT2D eigenvalue weighted by Crippen LogP contribution is 2.28. The molecule has 25 heavy (non-hydrogen) atoms. The number of esters is 1. The fourth-order valence-electron chi connectivity index (χ4n) is 1.97. The van der Waals surface area contributed by atoms with E-state index in [0.717, 1.165) is 0 Å². The summed E-state index contributed by atoms with van der Waals surface area (Å²) in [6.07, 6.45) is -1.33. The molecular weight excluding hydrogens is 367 g/mol. The van der Waals surface area contributed by atoms with Gasteiger partial charge in [0.05, 0.1) is 15.6 Å². The molecule has 2 aromatic carbocycles. The van der Waals surface area contributed by atoms with Crippen molar-refractivity contribution in [3.05, 3.63) is 69.7 Å². The lowest BCUT2D eigenvalue weighted by Gasteiger charge is -2.18. The van der Waals surface area contributed by atoms with Gasteiger partial charge in [-0.1, -0.05) is 59.6 Å². The second kappa shape index (κ2) is 8.50. The van der Waals surface area contributed by atoms with Crippen LogP contribution in [0.3, 0.4) is 0 Å². The zero-order valence-electron chi connectivity index (χ0n) is 13.1. The van der Waals surface area contributed by atoms with E-state index in [4.69, 9.17) is 27.9 Å². The van der Waals surface area contributed by atoms with Crippen LogP contribution in [0.5, 0.6) is 0 Å². The number of carbonyl (C=O) groups is 3. The Kier molecular flexibility index (Phi) is 6.38. The predicted molar refractivity (Wildman–Crippen MR) is 93.7 cm³/mol. The molecule has 0 spiro atoms. The maximum atomic E-state index is 12.4. The van der Waals surface area contributed by atoms with Crippen LogP contribution in [0.15, 0.2) is 48.5 Å². The van der Waals surface area contributed by atoms with E-state index in [1.165, 1.54) is 25.2 Å². The summed E-state index contributed by atoms with van der Waals surface area (Å²) in [5.74, 6) is -1.63. The summed E-state index contributed by atoms with van der Waals surface area (Å²) in [4.78, 5) is 36.1. The molecule has 0 saturated heterocycles. The minimum Gasteiger partial charge on any atom is -0.444 e. The van der Waals surface area contributed by atoms with Crippen LogP contribution < -0.4 is 10.6 Å². The van der Waals surface area contributed by atoms with Gasteiger partial charge < -0.3 is 10.1 Å². The van der Waals surface area contributed by atoms with Crippen molar-refractivity contribution >= 4 is 41.1 Å². The summed E-state index contributed by atoms with van der Waals surface area (Å²) in [5, 5.41) is 4.54. The number of amides is 3. The Morgan fingerprint density at radius 3 is 2.32 bits per heavy atom. The van der Waals surface area contributed by atoms with Crippen molar-refractivity contribution in [3.63, 3.8) is 0 Å². The number of rotatable bonds is 4. The molecule has 0 saturated carbocycles. The normalized spacial score (nSPS) is 11.3. The van der Waals surface area contributed by atoms with Crippen LogP contribution in [-0.4, -0.2) is 25.0 Å². The molecule has 0 aliphatic rings. The van der Waals surface area contributed by atoms with Gasteiger partial charge in [-0.15, -0.1) is 0 Å². The smallest absolute Gasteiger partial charge is 0.340 e. The van der Waals surface area contributed by atoms with Crippen molar-refractivity contribution in [2.24, 2.45) is 0 Å². The molecule has 0 bridgehead atoms. The number of hydrogen-bond acceptors (Lipinski definition) is 4. The SMILES string of the molecule is CNC(=O)NC(=O)[C@@H](OC(=O)c1cccc(Cl)c1Cl)c1ccccc1. The number of imide groups is 1. The zero-order chi connectivity index (χ0) is 18.4. The number of benzene rings is 2. The van der Waals surface area contributed by atoms with Gasteiger partial charge in [-0.2, -0.15) is 0 Å². The Hall–Kier alpha value is -2.57. The molecule has 0 aromatic heterocycles. The number of urea groups is 1. The van der Waals surface area contributed by atoms with Crippen LogP contribution in [0.4, 0.5) is 4.79 Å². The zero-order valence-corrected chi connectivity index (χ0v) is 14.6. The molecule has 0 aliphatic carbocycles. The third-order valence-electron chi connectivity index (χ3n) is 3.20. The number of ether oxygens (including phenoxy) is 1. The Morgan fingerprint density at radius 1 is 1.00 bits per heavy atom. The number of hydrogen-bond donors (Lipinski definition) is 2. The van der Waals surface area contributed by atoms with Crippen molar-refractivity contribution < 1.29 is 19.1 Å². The Morgan fingerprint density at radius 2 is 1.68 bits per heavy atom. The summed E-state index contributed by atoms with van der Waals surface area (Å²) in [7, 11) is 1.36. The number of carbonyl (C=O) groups excluding carboxylic acids is 3. The maximum Gasteiger partial charge on any atom is 0.340 e. The monoisotopic (exact) mass is 380 g/mol. The predicted octanol–water partition coefficient (Wildman–Crippen LogP) is 3.35. The van der Waals surface area contributed by atoms with Crippen LogP contribution in [0.25, 0.3) is 0 Å². The molecule has 3 amide bonds. The minimum absolute atomic E-state index is 0.0165. The van der Waals surface area contributed by atoms with Crippen molar-refractivity contribution in [1.29, 1.82) is 0 Å². The Labute approximate surface area is 154 Å². The fraction of sp³-hybridized carbons (Fsp3) is 0.118. The van der Waals surface area contributed by atoms with E-state index in [1.54, 1.807) is 30.3 Å². The topological polar surface area (TPSA) is 84.5 Å². The first-order chi connectivity index (χ1) is 11.9. The van der Waals surface area contributed by atoms with Crippen molar-refractivity contribution in [1.82, 2.24) is 10.6 Å². The van der Waals surface area contributed by atoms with Crippen LogP contribution in [0, 0.1) is 0 Å². The van der Waals surface area contributed by atoms with Gasteiger partial charge in [0.1, 0.15) is 0 Å². The standard InChI is InChI=1S/C17H14Cl2N2O4/c1-20-17(24)21-15(22)14(10-6-3-2-4-7-10)25-16(23)11-8-5-9-12(18)13(11)19/h2-9,14H,1H3,(H2,20,21,22,24)/t14-/m0/s1. The van der Waals surface area contributed by atoms with Gasteiger partial charge in [0.25, 0.3) is 5.91 Å². The molecule has 8 heteroatoms. The molecule has 1 atom stereocenters. The molecule has 0 heterocycles. The quantitative estimate of drug-likeness (QED) is 0.796. The van der Waals surface area contributed by atoms with Crippen LogP contribution in [-0.2, 0) is 9.53 Å². The summed E-state index contributed by atoms with van der Waals surface area (Å²) < 4.78 is 5.29. The first-order valence-electron chi connectivity index (χ1n) is 7.16. The molecular formula is C17H14Cl2N2O4. The van der Waals surface area contributed by atoms with Crippen LogP contribution in [0.2, 0.25) is 10.0 Å². The molecule has 0 unspecified atom stereocenters. The fourth-order valence-corrected chi connectivity index (χ4v) is 2.35. The first-order valence-corrected chi connectivity index (χ1v) is 7.92. The summed E-state index contributed by atoms with van der Waals surface area (Å²) in [6, 6.07) is 12.1. The van der Waals surface area contributed by atoms with Crippen LogP contribution >= 0.6 is 23.2 Å². The lowest BCUT2D eigenvalue weighted by atomic mass is 10.1. The van der Waals surface area contributed by atoms with E-state index in [2.05, 4.69) is 10.6 Å². The maximum absolute atomic E-state index is 12.4. The first kappa shape index (κ1) is 18.8. The number of halogens is 2. The molecule has 2 rings (SSSR count). The van der Waals surface area contributed by atoms with Crippen molar-refractivity contribution in [2.45, 2.75) is 6.10 Å². The van der Waals surface area contributed by atoms with E-state index < -0.39 is 24.0 Å². The van der Waals surface area contributed by atoms with E-state index in [1.807, 2.05) is 0 Å². The van der Waals surface area contributed by atoms with Gasteiger partial charge >= 0.3 is 12.0 Å². The highest BCUT2D eigenvalue weighted by atomic mass is 35.5. The highest BCUT2D eigenvalue weighted by Gasteiger charge is 2.28. The van der Waals surface area contributed by atoms with Gasteiger partial charge in [0, 0.05) is 12.6 Å². The van der Waals surface area contributed by atoms with E-state index in [-0.39, 0.29) is 15.6 Å². The minimum atomic E-state index is -1.33. The second-order valence-electron chi connectivity index (χ2n) is 4.87. The Bertz CT molecular complexity index is 796.